The topological polar surface area (TPSA) is 64.5 Å². The van der Waals surface area contributed by atoms with Gasteiger partial charge in [-0.2, -0.15) is 0 Å². The molecule has 5 aromatic carbocycles. The van der Waals surface area contributed by atoms with Crippen LogP contribution in [0.3, 0.4) is 0 Å². The molecule has 5 aromatic heterocycles. The summed E-state index contributed by atoms with van der Waals surface area (Å²) in [6.45, 7) is 0. The fourth-order valence-electron chi connectivity index (χ4n) is 6.88. The maximum absolute atomic E-state index is 5.06. The van der Waals surface area contributed by atoms with Crippen molar-refractivity contribution >= 4 is 54.4 Å². The van der Waals surface area contributed by atoms with Crippen LogP contribution in [0.5, 0.6) is 0 Å². The molecule has 10 rings (SSSR count). The van der Waals surface area contributed by atoms with Gasteiger partial charge in [-0.15, -0.1) is 0 Å². The van der Waals surface area contributed by atoms with E-state index in [9.17, 15) is 0 Å². The molecule has 0 unspecified atom stereocenters. The normalized spacial score (nSPS) is 11.6. The van der Waals surface area contributed by atoms with Crippen LogP contribution in [-0.4, -0.2) is 24.9 Å². The van der Waals surface area contributed by atoms with E-state index < -0.39 is 0 Å². The number of aromatic nitrogens is 5. The van der Waals surface area contributed by atoms with E-state index in [4.69, 9.17) is 15.0 Å². The van der Waals surface area contributed by atoms with Crippen molar-refractivity contribution < 1.29 is 0 Å². The van der Waals surface area contributed by atoms with Crippen molar-refractivity contribution in [3.05, 3.63) is 164 Å². The zero-order chi connectivity index (χ0) is 33.0. The van der Waals surface area contributed by atoms with E-state index in [2.05, 4.69) is 131 Å². The van der Waals surface area contributed by atoms with Gasteiger partial charge in [-0.1, -0.05) is 78.9 Å². The molecule has 0 radical (unpaired) electrons. The third-order valence-corrected chi connectivity index (χ3v) is 9.50. The standard InChI is InChI=1S/C45H27N5/c1-2-22-46-42(5-1)43-21-16-37-27-33(14-19-40(37)49-43)32-13-18-38-36(26-32)15-20-39(48-38)34-10-8-31-25-35(11-9-30(31)24-34)41-17-12-29-7-6-28-4-3-23-47-44(28)45(29)50-41/h1-27H. The van der Waals surface area contributed by atoms with Gasteiger partial charge in [0.05, 0.1) is 44.8 Å². The highest BCUT2D eigenvalue weighted by molar-refractivity contribution is 6.03. The fourth-order valence-corrected chi connectivity index (χ4v) is 6.88. The van der Waals surface area contributed by atoms with Gasteiger partial charge in [-0.25, -0.2) is 15.0 Å². The van der Waals surface area contributed by atoms with Crippen molar-refractivity contribution in [2.24, 2.45) is 0 Å². The highest BCUT2D eigenvalue weighted by atomic mass is 14.8. The molecule has 232 valence electrons. The SMILES string of the molecule is c1ccc(-c2ccc3cc(-c4ccc5nc(-c6ccc7cc(-c8ccc9ccc%10cccnc%10c9n8)ccc7c6)ccc5c4)ccc3n2)nc1. The minimum absolute atomic E-state index is 0.874. The maximum atomic E-state index is 5.06. The Morgan fingerprint density at radius 3 is 1.48 bits per heavy atom. The smallest absolute Gasteiger partial charge is 0.0972 e. The summed E-state index contributed by atoms with van der Waals surface area (Å²) in [6.07, 6.45) is 3.62. The van der Waals surface area contributed by atoms with Gasteiger partial charge in [0.1, 0.15) is 0 Å². The Morgan fingerprint density at radius 1 is 0.280 bits per heavy atom. The number of rotatable bonds is 4. The predicted octanol–water partition coefficient (Wildman–Crippen LogP) is 11.1. The van der Waals surface area contributed by atoms with E-state index in [1.165, 1.54) is 0 Å². The summed E-state index contributed by atoms with van der Waals surface area (Å²) in [5.74, 6) is 0. The Balaban J connectivity index is 0.937. The molecule has 5 heteroatoms. The summed E-state index contributed by atoms with van der Waals surface area (Å²) in [5, 5.41) is 6.71. The van der Waals surface area contributed by atoms with Crippen LogP contribution in [0.1, 0.15) is 0 Å². The molecule has 0 aliphatic heterocycles. The zero-order valence-electron chi connectivity index (χ0n) is 26.8. The molecular formula is C45H27N5. The zero-order valence-corrected chi connectivity index (χ0v) is 26.8. The Morgan fingerprint density at radius 2 is 0.800 bits per heavy atom. The van der Waals surface area contributed by atoms with Crippen LogP contribution in [0, 0.1) is 0 Å². The number of benzene rings is 5. The average molecular weight is 638 g/mol. The number of pyridine rings is 5. The minimum atomic E-state index is 0.874. The summed E-state index contributed by atoms with van der Waals surface area (Å²) < 4.78 is 0. The predicted molar refractivity (Wildman–Crippen MR) is 205 cm³/mol. The van der Waals surface area contributed by atoms with Crippen LogP contribution in [0.25, 0.3) is 99.4 Å². The minimum Gasteiger partial charge on any atom is -0.255 e. The molecule has 0 amide bonds. The number of nitrogens with zero attached hydrogens (tertiary/aromatic N) is 5. The molecular weight excluding hydrogens is 611 g/mol. The molecule has 0 bridgehead atoms. The largest absolute Gasteiger partial charge is 0.255 e. The van der Waals surface area contributed by atoms with Crippen LogP contribution in [0.2, 0.25) is 0 Å². The van der Waals surface area contributed by atoms with Gasteiger partial charge in [0.15, 0.2) is 0 Å². The Labute approximate surface area is 287 Å². The lowest BCUT2D eigenvalue weighted by molar-refractivity contribution is 1.28. The van der Waals surface area contributed by atoms with Crippen LogP contribution in [-0.2, 0) is 0 Å². The third kappa shape index (κ3) is 4.92. The van der Waals surface area contributed by atoms with E-state index in [0.717, 1.165) is 99.4 Å². The van der Waals surface area contributed by atoms with E-state index in [1.807, 2.05) is 36.5 Å². The van der Waals surface area contributed by atoms with Crippen molar-refractivity contribution in [3.63, 3.8) is 0 Å². The van der Waals surface area contributed by atoms with Gasteiger partial charge >= 0.3 is 0 Å². The first-order chi connectivity index (χ1) is 24.7. The van der Waals surface area contributed by atoms with Gasteiger partial charge in [0.25, 0.3) is 0 Å². The molecule has 0 aliphatic rings. The van der Waals surface area contributed by atoms with Gasteiger partial charge in [0, 0.05) is 45.1 Å². The van der Waals surface area contributed by atoms with Crippen LogP contribution in [0.15, 0.2) is 164 Å². The second-order valence-corrected chi connectivity index (χ2v) is 12.6. The molecule has 0 saturated heterocycles. The maximum Gasteiger partial charge on any atom is 0.0972 e. The lowest BCUT2D eigenvalue weighted by Crippen LogP contribution is -1.90. The van der Waals surface area contributed by atoms with Crippen molar-refractivity contribution in [2.45, 2.75) is 0 Å². The average Bonchev–Trinajstić information content (AvgIpc) is 3.19. The lowest BCUT2D eigenvalue weighted by Gasteiger charge is -2.09. The molecule has 0 atom stereocenters. The van der Waals surface area contributed by atoms with E-state index in [0.29, 0.717) is 0 Å². The second kappa shape index (κ2) is 11.4. The molecule has 5 nitrogen and oxygen atoms in total. The summed E-state index contributed by atoms with van der Waals surface area (Å²) in [5.41, 5.74) is 11.9. The van der Waals surface area contributed by atoms with Crippen LogP contribution >= 0.6 is 0 Å². The lowest BCUT2D eigenvalue weighted by atomic mass is 9.99. The number of hydrogen-bond acceptors (Lipinski definition) is 5. The summed E-state index contributed by atoms with van der Waals surface area (Å²) >= 11 is 0. The van der Waals surface area contributed by atoms with Crippen molar-refractivity contribution in [1.29, 1.82) is 0 Å². The van der Waals surface area contributed by atoms with E-state index in [-0.39, 0.29) is 0 Å². The van der Waals surface area contributed by atoms with Crippen molar-refractivity contribution in [2.75, 3.05) is 0 Å². The quantitative estimate of drug-likeness (QED) is 0.180. The molecule has 50 heavy (non-hydrogen) atoms. The summed E-state index contributed by atoms with van der Waals surface area (Å²) in [6, 6.07) is 52.8. The van der Waals surface area contributed by atoms with E-state index in [1.54, 1.807) is 6.20 Å². The van der Waals surface area contributed by atoms with Crippen molar-refractivity contribution in [3.8, 4) is 45.0 Å². The monoisotopic (exact) mass is 637 g/mol. The summed E-state index contributed by atoms with van der Waals surface area (Å²) in [4.78, 5) is 24.0. The van der Waals surface area contributed by atoms with Crippen molar-refractivity contribution in [1.82, 2.24) is 24.9 Å². The first-order valence-corrected chi connectivity index (χ1v) is 16.6. The van der Waals surface area contributed by atoms with E-state index >= 15 is 0 Å². The number of hydrogen-bond donors (Lipinski definition) is 0. The Bertz CT molecular complexity index is 2940. The first-order valence-electron chi connectivity index (χ1n) is 16.6. The Kier molecular flexibility index (Phi) is 6.42. The molecule has 10 aromatic rings. The summed E-state index contributed by atoms with van der Waals surface area (Å²) in [7, 11) is 0. The molecule has 0 aliphatic carbocycles. The van der Waals surface area contributed by atoms with Crippen LogP contribution in [0.4, 0.5) is 0 Å². The third-order valence-electron chi connectivity index (χ3n) is 9.50. The first kappa shape index (κ1) is 28.2. The molecule has 0 N–H and O–H groups in total. The fraction of sp³-hybridized carbons (Fsp3) is 0. The highest BCUT2D eigenvalue weighted by Gasteiger charge is 2.10. The van der Waals surface area contributed by atoms with Gasteiger partial charge < -0.3 is 0 Å². The molecule has 5 heterocycles. The molecule has 0 fully saturated rings. The molecule has 0 saturated carbocycles. The molecule has 0 spiro atoms. The van der Waals surface area contributed by atoms with Gasteiger partial charge in [-0.05, 0) is 94.7 Å². The highest BCUT2D eigenvalue weighted by Crippen LogP contribution is 2.32. The van der Waals surface area contributed by atoms with Crippen LogP contribution < -0.4 is 0 Å². The van der Waals surface area contributed by atoms with Gasteiger partial charge in [0.2, 0.25) is 0 Å². The van der Waals surface area contributed by atoms with Gasteiger partial charge in [-0.3, -0.25) is 9.97 Å². The Hall–Kier alpha value is -6.85. The second-order valence-electron chi connectivity index (χ2n) is 12.6. The number of fused-ring (bicyclic) bond motifs is 6.